The highest BCUT2D eigenvalue weighted by Crippen LogP contribution is 2.17. The molecule has 0 aliphatic carbocycles. The van der Waals surface area contributed by atoms with Crippen LogP contribution >= 0.6 is 0 Å². The minimum Gasteiger partial charge on any atom is -0.390 e. The quantitative estimate of drug-likeness (QED) is 0.123. The molecule has 228 valence electrons. The molecule has 1 nitrogen and oxygen atoms in total. The van der Waals surface area contributed by atoms with Crippen molar-refractivity contribution in [2.24, 2.45) is 0 Å². The van der Waals surface area contributed by atoms with Gasteiger partial charge in [-0.2, -0.15) is 0 Å². The van der Waals surface area contributed by atoms with Gasteiger partial charge in [-0.05, 0) is 127 Å². The molecule has 0 bridgehead atoms. The smallest absolute Gasteiger partial charge is 0.0591 e. The fourth-order valence-corrected chi connectivity index (χ4v) is 4.11. The van der Waals surface area contributed by atoms with Crippen molar-refractivity contribution in [1.29, 1.82) is 0 Å². The van der Waals surface area contributed by atoms with E-state index in [4.69, 9.17) is 0 Å². The van der Waals surface area contributed by atoms with Crippen molar-refractivity contribution < 1.29 is 5.11 Å². The van der Waals surface area contributed by atoms with E-state index >= 15 is 0 Å². The minimum absolute atomic E-state index is 0.555. The molecule has 0 amide bonds. The van der Waals surface area contributed by atoms with Crippen molar-refractivity contribution in [1.82, 2.24) is 0 Å². The van der Waals surface area contributed by atoms with E-state index in [9.17, 15) is 5.11 Å². The van der Waals surface area contributed by atoms with Crippen LogP contribution in [0.1, 0.15) is 127 Å². The molecule has 0 aliphatic heterocycles. The van der Waals surface area contributed by atoms with Crippen molar-refractivity contribution in [2.75, 3.05) is 0 Å². The molecule has 0 aromatic heterocycles. The molecule has 0 aromatic carbocycles. The summed E-state index contributed by atoms with van der Waals surface area (Å²) in [5.74, 6) is 0. The number of hydrogen-bond acceptors (Lipinski definition) is 1. The van der Waals surface area contributed by atoms with E-state index in [0.29, 0.717) is 0 Å². The number of aliphatic hydroxyl groups is 1. The van der Waals surface area contributed by atoms with Gasteiger partial charge in [-0.3, -0.25) is 0 Å². The summed E-state index contributed by atoms with van der Waals surface area (Å²) in [4.78, 5) is 0. The molecule has 0 unspecified atom stereocenters. The summed E-state index contributed by atoms with van der Waals surface area (Å²) in [5.41, 5.74) is 9.04. The second kappa shape index (κ2) is 23.0. The average Bonchev–Trinajstić information content (AvgIpc) is 2.85. The van der Waals surface area contributed by atoms with Crippen LogP contribution in [0.2, 0.25) is 0 Å². The summed E-state index contributed by atoms with van der Waals surface area (Å²) < 4.78 is 0. The largest absolute Gasteiger partial charge is 0.390 e. The summed E-state index contributed by atoms with van der Waals surface area (Å²) >= 11 is 0. The molecule has 0 aromatic rings. The summed E-state index contributed by atoms with van der Waals surface area (Å²) in [6.45, 7) is 21.2. The summed E-state index contributed by atoms with van der Waals surface area (Å²) in [5, 5.41) is 9.83. The molecule has 1 N–H and O–H groups in total. The van der Waals surface area contributed by atoms with Crippen LogP contribution in [-0.2, 0) is 0 Å². The lowest BCUT2D eigenvalue weighted by Crippen LogP contribution is -2.17. The molecule has 0 radical (unpaired) electrons. The third-order valence-electron chi connectivity index (χ3n) is 6.82. The van der Waals surface area contributed by atoms with Gasteiger partial charge >= 0.3 is 0 Å². The maximum absolute atomic E-state index is 9.83. The Balaban J connectivity index is 4.50. The maximum Gasteiger partial charge on any atom is 0.0591 e. The molecular formula is C40H62O. The first-order chi connectivity index (χ1) is 19.3. The third-order valence-corrected chi connectivity index (χ3v) is 6.82. The van der Waals surface area contributed by atoms with Crippen LogP contribution in [-0.4, -0.2) is 10.7 Å². The van der Waals surface area contributed by atoms with Gasteiger partial charge in [0.15, 0.2) is 0 Å². The Morgan fingerprint density at radius 1 is 0.512 bits per heavy atom. The number of rotatable bonds is 19. The van der Waals surface area contributed by atoms with Crippen LogP contribution in [0.25, 0.3) is 0 Å². The Morgan fingerprint density at radius 3 is 1.37 bits per heavy atom. The maximum atomic E-state index is 9.83. The highest BCUT2D eigenvalue weighted by Gasteiger charge is 2.11. The predicted octanol–water partition coefficient (Wildman–Crippen LogP) is 12.6. The van der Waals surface area contributed by atoms with Gasteiger partial charge in [0.1, 0.15) is 0 Å². The molecule has 41 heavy (non-hydrogen) atoms. The Kier molecular flexibility index (Phi) is 21.5. The topological polar surface area (TPSA) is 20.2 Å². The molecule has 0 saturated heterocycles. The molecule has 0 fully saturated rings. The van der Waals surface area contributed by atoms with Crippen LogP contribution < -0.4 is 0 Å². The van der Waals surface area contributed by atoms with Gasteiger partial charge in [-0.15, -0.1) is 0 Å². The molecular weight excluding hydrogens is 496 g/mol. The summed E-state index contributed by atoms with van der Waals surface area (Å²) in [6, 6.07) is 0. The lowest BCUT2D eigenvalue weighted by molar-refractivity contribution is 0.0689. The lowest BCUT2D eigenvalue weighted by Gasteiger charge is -2.16. The predicted molar refractivity (Wildman–Crippen MR) is 187 cm³/mol. The zero-order valence-electron chi connectivity index (χ0n) is 28.3. The monoisotopic (exact) mass is 558 g/mol. The molecule has 0 aliphatic rings. The highest BCUT2D eigenvalue weighted by atomic mass is 16.3. The molecule has 0 heterocycles. The van der Waals surface area contributed by atoms with Crippen molar-refractivity contribution in [2.45, 2.75) is 133 Å². The van der Waals surface area contributed by atoms with E-state index in [2.05, 4.69) is 134 Å². The fraction of sp³-hybridized carbons (Fsp3) is 0.500. The van der Waals surface area contributed by atoms with Gasteiger partial charge in [0.05, 0.1) is 5.60 Å². The van der Waals surface area contributed by atoms with Gasteiger partial charge < -0.3 is 5.11 Å². The summed E-state index contributed by atoms with van der Waals surface area (Å²) in [7, 11) is 0. The normalized spacial score (nSPS) is 15.2. The van der Waals surface area contributed by atoms with Crippen molar-refractivity contribution in [3.63, 3.8) is 0 Å². The first kappa shape index (κ1) is 38.4. The first-order valence-electron chi connectivity index (χ1n) is 15.6. The molecule has 0 atom stereocenters. The van der Waals surface area contributed by atoms with Gasteiger partial charge in [0, 0.05) is 0 Å². The van der Waals surface area contributed by atoms with Gasteiger partial charge in [0.2, 0.25) is 0 Å². The van der Waals surface area contributed by atoms with Crippen LogP contribution in [0, 0.1) is 0 Å². The standard InChI is InChI=1S/C40H62O/c1-33(2)19-13-22-36(5)25-16-28-37(6)26-14-23-34(3)20-11-12-21-35(4)24-15-27-38(7)29-17-30-39(8)31-18-32-40(9,10)41/h11-12,14-15,19-21,23-27,30,41H,13,16-18,22,28-29,31-32H2,1-10H3. The van der Waals surface area contributed by atoms with Crippen molar-refractivity contribution in [3.05, 3.63) is 118 Å². The molecule has 0 spiro atoms. The van der Waals surface area contributed by atoms with Gasteiger partial charge in [-0.1, -0.05) is 118 Å². The van der Waals surface area contributed by atoms with Gasteiger partial charge in [0.25, 0.3) is 0 Å². The second-order valence-electron chi connectivity index (χ2n) is 12.6. The van der Waals surface area contributed by atoms with E-state index < -0.39 is 5.60 Å². The van der Waals surface area contributed by atoms with Crippen LogP contribution in [0.15, 0.2) is 118 Å². The van der Waals surface area contributed by atoms with Crippen LogP contribution in [0.3, 0.4) is 0 Å². The lowest BCUT2D eigenvalue weighted by atomic mass is 9.99. The van der Waals surface area contributed by atoms with E-state index in [1.807, 2.05) is 13.8 Å². The SMILES string of the molecule is CC(C)=CCCC(C)=CCCC(C)=CC=CC(C)=CC=CC=C(C)C=CC=C(C)CCC=C(C)CCCC(C)(C)O. The Bertz CT molecular complexity index is 1040. The van der Waals surface area contributed by atoms with E-state index in [1.54, 1.807) is 0 Å². The van der Waals surface area contributed by atoms with Crippen molar-refractivity contribution >= 4 is 0 Å². The number of hydrogen-bond donors (Lipinski definition) is 1. The fourth-order valence-electron chi connectivity index (χ4n) is 4.11. The Morgan fingerprint density at radius 2 is 0.927 bits per heavy atom. The second-order valence-corrected chi connectivity index (χ2v) is 12.6. The first-order valence-corrected chi connectivity index (χ1v) is 15.6. The number of allylic oxidation sites excluding steroid dienone is 20. The van der Waals surface area contributed by atoms with Crippen molar-refractivity contribution in [3.8, 4) is 0 Å². The zero-order chi connectivity index (χ0) is 31.1. The van der Waals surface area contributed by atoms with E-state index in [1.165, 1.54) is 39.0 Å². The van der Waals surface area contributed by atoms with E-state index in [0.717, 1.165) is 57.8 Å². The summed E-state index contributed by atoms with van der Waals surface area (Å²) in [6.07, 6.45) is 38.3. The van der Waals surface area contributed by atoms with Crippen LogP contribution in [0.4, 0.5) is 0 Å². The average molecular weight is 559 g/mol. The Labute approximate surface area is 255 Å². The third kappa shape index (κ3) is 27.3. The van der Waals surface area contributed by atoms with Crippen LogP contribution in [0.5, 0.6) is 0 Å². The molecule has 0 saturated carbocycles. The molecule has 1 heteroatoms. The highest BCUT2D eigenvalue weighted by molar-refractivity contribution is 5.30. The Hall–Kier alpha value is -2.64. The van der Waals surface area contributed by atoms with E-state index in [-0.39, 0.29) is 0 Å². The molecule has 0 rings (SSSR count). The van der Waals surface area contributed by atoms with Gasteiger partial charge in [-0.25, -0.2) is 0 Å². The zero-order valence-corrected chi connectivity index (χ0v) is 28.3. The minimum atomic E-state index is -0.555.